The van der Waals surface area contributed by atoms with Gasteiger partial charge in [0.1, 0.15) is 0 Å². The fourth-order valence-electron chi connectivity index (χ4n) is 1.47. The van der Waals surface area contributed by atoms with Gasteiger partial charge in [-0.3, -0.25) is 9.59 Å². The van der Waals surface area contributed by atoms with Gasteiger partial charge in [-0.2, -0.15) is 0 Å². The van der Waals surface area contributed by atoms with Crippen molar-refractivity contribution in [2.75, 3.05) is 0 Å². The molecule has 3 heteroatoms. The number of carbonyl (C=O) groups is 2. The highest BCUT2D eigenvalue weighted by atomic mass is 16.2. The van der Waals surface area contributed by atoms with Gasteiger partial charge in [0.25, 0.3) is 0 Å². The van der Waals surface area contributed by atoms with Crippen LogP contribution in [0.1, 0.15) is 11.3 Å². The van der Waals surface area contributed by atoms with Crippen LogP contribution in [0.25, 0.3) is 12.2 Å². The third kappa shape index (κ3) is 1.04. The SMILES string of the molecule is Cc1[nH]c2c(c1C)=CC(=O)C(=O)C=2. The molecule has 0 aliphatic heterocycles. The van der Waals surface area contributed by atoms with Gasteiger partial charge >= 0.3 is 0 Å². The molecule has 1 aliphatic rings. The zero-order chi connectivity index (χ0) is 9.59. The van der Waals surface area contributed by atoms with E-state index in [0.29, 0.717) is 0 Å². The van der Waals surface area contributed by atoms with Gasteiger partial charge in [0.05, 0.1) is 5.35 Å². The number of rotatable bonds is 0. The van der Waals surface area contributed by atoms with Crippen molar-refractivity contribution < 1.29 is 9.59 Å². The molecule has 1 heterocycles. The van der Waals surface area contributed by atoms with Crippen LogP contribution < -0.4 is 10.6 Å². The molecule has 1 aromatic heterocycles. The minimum atomic E-state index is -0.450. The van der Waals surface area contributed by atoms with Crippen LogP contribution >= 0.6 is 0 Å². The van der Waals surface area contributed by atoms with Gasteiger partial charge in [0.15, 0.2) is 0 Å². The molecule has 0 aromatic carbocycles. The highest BCUT2D eigenvalue weighted by molar-refractivity contribution is 6.57. The Morgan fingerprint density at radius 1 is 1.08 bits per heavy atom. The van der Waals surface area contributed by atoms with Crippen LogP contribution in [-0.2, 0) is 9.59 Å². The standard InChI is InChI=1S/C10H9NO2/c1-5-6(2)11-8-4-10(13)9(12)3-7(5)8/h3-4,11H,1-2H3. The Balaban J connectivity index is 2.93. The summed E-state index contributed by atoms with van der Waals surface area (Å²) < 4.78 is 0. The molecular weight excluding hydrogens is 166 g/mol. The molecule has 13 heavy (non-hydrogen) atoms. The first-order chi connectivity index (χ1) is 6.09. The molecule has 0 fully saturated rings. The number of Topliss-reactive ketones (excluding diaryl/α,β-unsaturated/α-hetero) is 2. The van der Waals surface area contributed by atoms with Gasteiger partial charge in [-0.15, -0.1) is 0 Å². The summed E-state index contributed by atoms with van der Waals surface area (Å²) in [6.07, 6.45) is 2.76. The summed E-state index contributed by atoms with van der Waals surface area (Å²) >= 11 is 0. The van der Waals surface area contributed by atoms with E-state index in [1.165, 1.54) is 12.2 Å². The second kappa shape index (κ2) is 2.42. The molecule has 0 saturated heterocycles. The van der Waals surface area contributed by atoms with Gasteiger partial charge in [-0.25, -0.2) is 0 Å². The maximum Gasteiger partial charge on any atom is 0.227 e. The molecule has 0 bridgehead atoms. The van der Waals surface area contributed by atoms with Crippen LogP contribution in [0.2, 0.25) is 0 Å². The van der Waals surface area contributed by atoms with Crippen molar-refractivity contribution in [3.63, 3.8) is 0 Å². The van der Waals surface area contributed by atoms with Crippen molar-refractivity contribution in [2.45, 2.75) is 13.8 Å². The Morgan fingerprint density at radius 3 is 2.38 bits per heavy atom. The Hall–Kier alpha value is -1.64. The van der Waals surface area contributed by atoms with E-state index in [0.717, 1.165) is 21.8 Å². The predicted octanol–water partition coefficient (Wildman–Crippen LogP) is -0.656. The maximum absolute atomic E-state index is 11.1. The molecule has 66 valence electrons. The first-order valence-electron chi connectivity index (χ1n) is 4.06. The lowest BCUT2D eigenvalue weighted by molar-refractivity contribution is -0.129. The zero-order valence-electron chi connectivity index (χ0n) is 7.47. The van der Waals surface area contributed by atoms with E-state index in [9.17, 15) is 9.59 Å². The summed E-state index contributed by atoms with van der Waals surface area (Å²) in [5.41, 5.74) is 2.03. The first kappa shape index (κ1) is 7.98. The van der Waals surface area contributed by atoms with Gasteiger partial charge in [-0.05, 0) is 25.5 Å². The van der Waals surface area contributed by atoms with Crippen molar-refractivity contribution in [3.05, 3.63) is 21.8 Å². The molecule has 1 N–H and O–H groups in total. The normalized spacial score (nSPS) is 14.9. The third-order valence-corrected chi connectivity index (χ3v) is 2.37. The summed E-state index contributed by atoms with van der Waals surface area (Å²) in [6.45, 7) is 3.85. The Kier molecular flexibility index (Phi) is 1.49. The van der Waals surface area contributed by atoms with Crippen molar-refractivity contribution in [2.24, 2.45) is 0 Å². The third-order valence-electron chi connectivity index (χ3n) is 2.37. The maximum atomic E-state index is 11.1. The number of ketones is 2. The Labute approximate surface area is 74.8 Å². The minimum absolute atomic E-state index is 0.436. The van der Waals surface area contributed by atoms with Gasteiger partial charge in [0.2, 0.25) is 11.6 Å². The fraction of sp³-hybridized carbons (Fsp3) is 0.200. The number of aromatic nitrogens is 1. The van der Waals surface area contributed by atoms with Crippen LogP contribution in [0.4, 0.5) is 0 Å². The van der Waals surface area contributed by atoms with Gasteiger partial charge in [-0.1, -0.05) is 0 Å². The number of aromatic amines is 1. The molecule has 0 atom stereocenters. The summed E-state index contributed by atoms with van der Waals surface area (Å²) in [6, 6.07) is 0. The van der Waals surface area contributed by atoms with Crippen LogP contribution in [0.3, 0.4) is 0 Å². The lowest BCUT2D eigenvalue weighted by Crippen LogP contribution is -2.33. The van der Waals surface area contributed by atoms with E-state index in [1.54, 1.807) is 0 Å². The smallest absolute Gasteiger partial charge is 0.227 e. The summed E-state index contributed by atoms with van der Waals surface area (Å²) in [5, 5.41) is 1.60. The quantitative estimate of drug-likeness (QED) is 0.532. The molecule has 1 aromatic rings. The lowest BCUT2D eigenvalue weighted by Gasteiger charge is -1.92. The number of hydrogen-bond acceptors (Lipinski definition) is 2. The predicted molar refractivity (Wildman–Crippen MR) is 48.5 cm³/mol. The molecule has 0 saturated carbocycles. The molecule has 0 radical (unpaired) electrons. The Morgan fingerprint density at radius 2 is 1.69 bits per heavy atom. The zero-order valence-corrected chi connectivity index (χ0v) is 7.47. The molecule has 3 nitrogen and oxygen atoms in total. The molecule has 0 amide bonds. The monoisotopic (exact) mass is 175 g/mol. The lowest BCUT2D eigenvalue weighted by atomic mass is 10.1. The van der Waals surface area contributed by atoms with Crippen molar-refractivity contribution in [1.82, 2.24) is 4.98 Å². The average molecular weight is 175 g/mol. The molecule has 0 spiro atoms. The second-order valence-corrected chi connectivity index (χ2v) is 3.22. The minimum Gasteiger partial charge on any atom is -0.358 e. The molecule has 2 rings (SSSR count). The van der Waals surface area contributed by atoms with E-state index in [1.807, 2.05) is 13.8 Å². The van der Waals surface area contributed by atoms with E-state index in [-0.39, 0.29) is 0 Å². The van der Waals surface area contributed by atoms with Gasteiger partial charge in [0, 0.05) is 17.0 Å². The summed E-state index contributed by atoms with van der Waals surface area (Å²) in [7, 11) is 0. The second-order valence-electron chi connectivity index (χ2n) is 3.22. The molecule has 0 unspecified atom stereocenters. The van der Waals surface area contributed by atoms with E-state index >= 15 is 0 Å². The Bertz CT molecular complexity index is 520. The highest BCUT2D eigenvalue weighted by Crippen LogP contribution is 1.95. The fourth-order valence-corrected chi connectivity index (χ4v) is 1.47. The number of nitrogens with one attached hydrogen (secondary N) is 1. The van der Waals surface area contributed by atoms with E-state index < -0.39 is 11.6 Å². The topological polar surface area (TPSA) is 49.9 Å². The molecule has 1 aliphatic carbocycles. The largest absolute Gasteiger partial charge is 0.358 e. The van der Waals surface area contributed by atoms with Crippen LogP contribution in [-0.4, -0.2) is 16.6 Å². The summed E-state index contributed by atoms with van der Waals surface area (Å²) in [5.74, 6) is -0.886. The van der Waals surface area contributed by atoms with Crippen LogP contribution in [0.5, 0.6) is 0 Å². The van der Waals surface area contributed by atoms with Crippen LogP contribution in [0, 0.1) is 13.8 Å². The average Bonchev–Trinajstić information content (AvgIpc) is 2.32. The van der Waals surface area contributed by atoms with Crippen molar-refractivity contribution >= 4 is 23.7 Å². The van der Waals surface area contributed by atoms with Crippen LogP contribution in [0.15, 0.2) is 0 Å². The number of H-pyrrole nitrogens is 1. The number of fused-ring (bicyclic) bond motifs is 1. The highest BCUT2D eigenvalue weighted by Gasteiger charge is 2.14. The summed E-state index contributed by atoms with van der Waals surface area (Å²) in [4.78, 5) is 25.1. The molecular formula is C10H9NO2. The first-order valence-corrected chi connectivity index (χ1v) is 4.06. The number of carbonyl (C=O) groups excluding carboxylic acids is 2. The van der Waals surface area contributed by atoms with Crippen molar-refractivity contribution in [1.29, 1.82) is 0 Å². The number of aryl methyl sites for hydroxylation is 1. The van der Waals surface area contributed by atoms with Crippen molar-refractivity contribution in [3.8, 4) is 0 Å². The number of hydrogen-bond donors (Lipinski definition) is 1. The van der Waals surface area contributed by atoms with E-state index in [2.05, 4.69) is 4.98 Å². The van der Waals surface area contributed by atoms with Gasteiger partial charge < -0.3 is 4.98 Å². The van der Waals surface area contributed by atoms with E-state index in [4.69, 9.17) is 0 Å².